The molecule has 1 heterocycles. The van der Waals surface area contributed by atoms with E-state index in [1.54, 1.807) is 0 Å². The van der Waals surface area contributed by atoms with Gasteiger partial charge in [-0.1, -0.05) is 32.0 Å². The number of hydrogen-bond acceptors (Lipinski definition) is 5. The number of guanidine groups is 1. The van der Waals surface area contributed by atoms with E-state index in [9.17, 15) is 5.11 Å². The van der Waals surface area contributed by atoms with Crippen LogP contribution in [0.25, 0.3) is 0 Å². The third kappa shape index (κ3) is 11.7. The highest BCUT2D eigenvalue weighted by molar-refractivity contribution is 14.0. The Balaban J connectivity index is 0.00000512. The summed E-state index contributed by atoms with van der Waals surface area (Å²) in [6.45, 7) is 14.0. The van der Waals surface area contributed by atoms with Crippen molar-refractivity contribution in [1.29, 1.82) is 0 Å². The summed E-state index contributed by atoms with van der Waals surface area (Å²) in [6, 6.07) is 8.13. The smallest absolute Gasteiger partial charge is 0.191 e. The molecule has 1 aromatic rings. The van der Waals surface area contributed by atoms with Crippen molar-refractivity contribution in [2.75, 3.05) is 59.2 Å². The third-order valence-electron chi connectivity index (χ3n) is 5.39. The van der Waals surface area contributed by atoms with Crippen LogP contribution in [0, 0.1) is 11.8 Å². The van der Waals surface area contributed by atoms with Gasteiger partial charge in [-0.25, -0.2) is 4.99 Å². The van der Waals surface area contributed by atoms with E-state index in [-0.39, 0.29) is 30.6 Å². The van der Waals surface area contributed by atoms with Crippen LogP contribution in [-0.2, 0) is 11.3 Å². The van der Waals surface area contributed by atoms with E-state index in [1.807, 2.05) is 18.2 Å². The summed E-state index contributed by atoms with van der Waals surface area (Å²) in [4.78, 5) is 7.15. The van der Waals surface area contributed by atoms with Gasteiger partial charge in [0.2, 0.25) is 0 Å². The van der Waals surface area contributed by atoms with Gasteiger partial charge in [0.1, 0.15) is 12.4 Å². The summed E-state index contributed by atoms with van der Waals surface area (Å²) in [6.07, 6.45) is 1.90. The number of aliphatic hydroxyl groups excluding tert-OH is 1. The number of nitrogens with zero attached hydrogens (tertiary/aromatic N) is 2. The normalized spacial score (nSPS) is 15.8. The second kappa shape index (κ2) is 17.4. The Morgan fingerprint density at radius 2 is 1.97 bits per heavy atom. The summed E-state index contributed by atoms with van der Waals surface area (Å²) >= 11 is 0. The van der Waals surface area contributed by atoms with Crippen molar-refractivity contribution in [1.82, 2.24) is 15.5 Å². The molecule has 1 aliphatic heterocycles. The van der Waals surface area contributed by atoms with E-state index in [0.29, 0.717) is 25.0 Å². The molecule has 32 heavy (non-hydrogen) atoms. The second-order valence-corrected chi connectivity index (χ2v) is 8.49. The summed E-state index contributed by atoms with van der Waals surface area (Å²) in [5, 5.41) is 16.1. The van der Waals surface area contributed by atoms with Crippen molar-refractivity contribution >= 4 is 29.9 Å². The van der Waals surface area contributed by atoms with Gasteiger partial charge >= 0.3 is 0 Å². The first kappa shape index (κ1) is 28.9. The molecular formula is C24H43IN4O3. The van der Waals surface area contributed by atoms with E-state index in [4.69, 9.17) is 14.5 Å². The number of benzene rings is 1. The predicted octanol–water partition coefficient (Wildman–Crippen LogP) is 3.12. The fourth-order valence-electron chi connectivity index (χ4n) is 3.78. The van der Waals surface area contributed by atoms with Gasteiger partial charge in [0, 0.05) is 44.9 Å². The molecule has 1 fully saturated rings. The number of nitrogens with one attached hydrogen (secondary N) is 2. The lowest BCUT2D eigenvalue weighted by atomic mass is 9.94. The van der Waals surface area contributed by atoms with Crippen molar-refractivity contribution in [3.63, 3.8) is 0 Å². The van der Waals surface area contributed by atoms with E-state index >= 15 is 0 Å². The molecular weight excluding hydrogens is 519 g/mol. The van der Waals surface area contributed by atoms with E-state index < -0.39 is 0 Å². The average Bonchev–Trinajstić information content (AvgIpc) is 2.77. The van der Waals surface area contributed by atoms with Crippen LogP contribution in [0.15, 0.2) is 29.3 Å². The Morgan fingerprint density at radius 3 is 2.66 bits per heavy atom. The molecule has 0 saturated carbocycles. The van der Waals surface area contributed by atoms with Gasteiger partial charge in [-0.2, -0.15) is 0 Å². The van der Waals surface area contributed by atoms with Crippen LogP contribution in [0.5, 0.6) is 5.75 Å². The lowest BCUT2D eigenvalue weighted by Gasteiger charge is -2.26. The van der Waals surface area contributed by atoms with Crippen LogP contribution in [-0.4, -0.2) is 75.1 Å². The Bertz CT molecular complexity index is 639. The van der Waals surface area contributed by atoms with Gasteiger partial charge in [0.05, 0.1) is 19.8 Å². The highest BCUT2D eigenvalue weighted by Crippen LogP contribution is 2.19. The number of hydrogen-bond donors (Lipinski definition) is 3. The Labute approximate surface area is 211 Å². The maximum Gasteiger partial charge on any atom is 0.191 e. The van der Waals surface area contributed by atoms with E-state index in [0.717, 1.165) is 76.1 Å². The second-order valence-electron chi connectivity index (χ2n) is 8.49. The zero-order valence-electron chi connectivity index (χ0n) is 20.0. The molecule has 0 radical (unpaired) electrons. The zero-order chi connectivity index (χ0) is 22.3. The largest absolute Gasteiger partial charge is 0.492 e. The molecule has 0 spiro atoms. The Kier molecular flexibility index (Phi) is 15.7. The molecule has 0 aromatic heterocycles. The first-order chi connectivity index (χ1) is 15.1. The van der Waals surface area contributed by atoms with Crippen molar-refractivity contribution in [2.24, 2.45) is 16.8 Å². The van der Waals surface area contributed by atoms with Crippen molar-refractivity contribution in [2.45, 2.75) is 40.2 Å². The number of rotatable bonds is 13. The molecule has 1 aliphatic rings. The van der Waals surface area contributed by atoms with Crippen molar-refractivity contribution in [3.8, 4) is 5.75 Å². The average molecular weight is 563 g/mol. The van der Waals surface area contributed by atoms with Gasteiger partial charge in [0.15, 0.2) is 5.96 Å². The molecule has 0 aliphatic carbocycles. The maximum atomic E-state index is 9.36. The Morgan fingerprint density at radius 1 is 1.22 bits per heavy atom. The predicted molar refractivity (Wildman–Crippen MR) is 142 cm³/mol. The maximum absolute atomic E-state index is 9.36. The zero-order valence-corrected chi connectivity index (χ0v) is 22.3. The molecule has 7 nitrogen and oxygen atoms in total. The summed E-state index contributed by atoms with van der Waals surface area (Å²) in [5.74, 6) is 2.75. The van der Waals surface area contributed by atoms with Crippen LogP contribution in [0.2, 0.25) is 0 Å². The minimum Gasteiger partial charge on any atom is -0.492 e. The Hall–Kier alpha value is -1.10. The minimum absolute atomic E-state index is 0. The molecule has 184 valence electrons. The van der Waals surface area contributed by atoms with Crippen molar-refractivity contribution < 1.29 is 14.6 Å². The van der Waals surface area contributed by atoms with Gasteiger partial charge in [0.25, 0.3) is 0 Å². The molecule has 3 N–H and O–H groups in total. The van der Waals surface area contributed by atoms with Crippen LogP contribution in [0.4, 0.5) is 0 Å². The minimum atomic E-state index is 0. The first-order valence-corrected chi connectivity index (χ1v) is 11.8. The van der Waals surface area contributed by atoms with Gasteiger partial charge < -0.3 is 25.2 Å². The van der Waals surface area contributed by atoms with E-state index in [1.165, 1.54) is 0 Å². The van der Waals surface area contributed by atoms with Crippen molar-refractivity contribution in [3.05, 3.63) is 29.8 Å². The van der Waals surface area contributed by atoms with Gasteiger partial charge in [-0.05, 0) is 37.7 Å². The monoisotopic (exact) mass is 562 g/mol. The highest BCUT2D eigenvalue weighted by atomic mass is 127. The molecule has 1 unspecified atom stereocenters. The topological polar surface area (TPSA) is 78.4 Å². The molecule has 8 heteroatoms. The van der Waals surface area contributed by atoms with Gasteiger partial charge in [-0.3, -0.25) is 4.90 Å². The van der Waals surface area contributed by atoms with Crippen LogP contribution in [0.1, 0.15) is 39.2 Å². The molecule has 1 aromatic carbocycles. The number of aliphatic hydroxyl groups is 1. The number of aliphatic imine (C=N–C) groups is 1. The molecule has 2 rings (SSSR count). The highest BCUT2D eigenvalue weighted by Gasteiger charge is 2.12. The molecule has 1 atom stereocenters. The summed E-state index contributed by atoms with van der Waals surface area (Å²) in [5.41, 5.74) is 1.08. The SMILES string of the molecule is CCNC(=NCc1ccccc1OCCN1CCOCC1)NCC(CCO)CC(C)C.I. The quantitative estimate of drug-likeness (QED) is 0.195. The number of ether oxygens (including phenoxy) is 2. The number of halogens is 1. The number of para-hydroxylation sites is 1. The fourth-order valence-corrected chi connectivity index (χ4v) is 3.78. The summed E-state index contributed by atoms with van der Waals surface area (Å²) < 4.78 is 11.5. The third-order valence-corrected chi connectivity index (χ3v) is 5.39. The standard InChI is InChI=1S/C24H42N4O3.HI/c1-4-25-24(26-18-21(9-13-29)17-20(2)3)27-19-22-7-5-6-8-23(22)31-16-12-28-10-14-30-15-11-28;/h5-8,20-21,29H,4,9-19H2,1-3H3,(H2,25,26,27);1H. The van der Waals surface area contributed by atoms with E-state index in [2.05, 4.69) is 42.4 Å². The van der Waals surface area contributed by atoms with Crippen LogP contribution >= 0.6 is 24.0 Å². The molecule has 0 bridgehead atoms. The lowest BCUT2D eigenvalue weighted by molar-refractivity contribution is 0.0322. The molecule has 0 amide bonds. The summed E-state index contributed by atoms with van der Waals surface area (Å²) in [7, 11) is 0. The van der Waals surface area contributed by atoms with Crippen LogP contribution in [0.3, 0.4) is 0 Å². The van der Waals surface area contributed by atoms with Crippen LogP contribution < -0.4 is 15.4 Å². The number of morpholine rings is 1. The fraction of sp³-hybridized carbons (Fsp3) is 0.708. The van der Waals surface area contributed by atoms with Gasteiger partial charge in [-0.15, -0.1) is 24.0 Å². The molecule has 1 saturated heterocycles. The first-order valence-electron chi connectivity index (χ1n) is 11.8. The lowest BCUT2D eigenvalue weighted by Crippen LogP contribution is -2.40.